The summed E-state index contributed by atoms with van der Waals surface area (Å²) in [7, 11) is 0. The Balaban J connectivity index is 1.51. The minimum atomic E-state index is -0.389. The maximum absolute atomic E-state index is 12.1. The molecule has 2 aromatic rings. The van der Waals surface area contributed by atoms with Crippen molar-refractivity contribution in [3.63, 3.8) is 0 Å². The molecule has 130 valence electrons. The van der Waals surface area contributed by atoms with E-state index in [0.29, 0.717) is 12.2 Å². The number of aryl methyl sites for hydroxylation is 1. The number of rotatable bonds is 5. The van der Waals surface area contributed by atoms with Crippen LogP contribution in [0.25, 0.3) is 0 Å². The lowest BCUT2D eigenvalue weighted by Gasteiger charge is -2.13. The van der Waals surface area contributed by atoms with Gasteiger partial charge >= 0.3 is 12.1 Å². The van der Waals surface area contributed by atoms with Crippen molar-refractivity contribution in [2.75, 3.05) is 23.3 Å². The SMILES string of the molecule is CCc1ccc(N2CC(CNC(=O)Nc3ccccc3)OC2=O)cc1. The van der Waals surface area contributed by atoms with Crippen molar-refractivity contribution in [2.45, 2.75) is 19.4 Å². The molecule has 0 bridgehead atoms. The molecule has 2 aromatic carbocycles. The zero-order valence-electron chi connectivity index (χ0n) is 14.1. The van der Waals surface area contributed by atoms with Gasteiger partial charge in [0.1, 0.15) is 6.10 Å². The van der Waals surface area contributed by atoms with E-state index < -0.39 is 0 Å². The predicted octanol–water partition coefficient (Wildman–Crippen LogP) is 3.40. The molecular weight excluding hydrogens is 318 g/mol. The van der Waals surface area contributed by atoms with Crippen LogP contribution in [0.2, 0.25) is 0 Å². The monoisotopic (exact) mass is 339 g/mol. The van der Waals surface area contributed by atoms with E-state index in [1.807, 2.05) is 42.5 Å². The lowest BCUT2D eigenvalue weighted by atomic mass is 10.1. The number of carbonyl (C=O) groups excluding carboxylic acids is 2. The Bertz CT molecular complexity index is 731. The molecule has 1 aliphatic rings. The third-order valence-electron chi connectivity index (χ3n) is 4.05. The van der Waals surface area contributed by atoms with Gasteiger partial charge in [-0.1, -0.05) is 37.3 Å². The van der Waals surface area contributed by atoms with Crippen LogP contribution in [0.1, 0.15) is 12.5 Å². The van der Waals surface area contributed by atoms with Gasteiger partial charge in [0.05, 0.1) is 13.1 Å². The molecule has 6 heteroatoms. The maximum Gasteiger partial charge on any atom is 0.414 e. The molecule has 0 aliphatic carbocycles. The predicted molar refractivity (Wildman–Crippen MR) is 96.9 cm³/mol. The molecule has 1 atom stereocenters. The molecule has 3 amide bonds. The molecule has 3 rings (SSSR count). The number of nitrogens with zero attached hydrogens (tertiary/aromatic N) is 1. The number of anilines is 2. The largest absolute Gasteiger partial charge is 0.442 e. The summed E-state index contributed by atoms with van der Waals surface area (Å²) in [5.74, 6) is 0. The summed E-state index contributed by atoms with van der Waals surface area (Å²) in [4.78, 5) is 25.5. The number of benzene rings is 2. The molecule has 1 heterocycles. The van der Waals surface area contributed by atoms with Gasteiger partial charge in [0.2, 0.25) is 0 Å². The van der Waals surface area contributed by atoms with E-state index in [9.17, 15) is 9.59 Å². The third-order valence-corrected chi connectivity index (χ3v) is 4.05. The van der Waals surface area contributed by atoms with Gasteiger partial charge < -0.3 is 15.4 Å². The summed E-state index contributed by atoms with van der Waals surface area (Å²) in [5, 5.41) is 5.46. The van der Waals surface area contributed by atoms with Crippen LogP contribution in [0.15, 0.2) is 54.6 Å². The number of cyclic esters (lactones) is 1. The average Bonchev–Trinajstić information content (AvgIpc) is 3.02. The van der Waals surface area contributed by atoms with Crippen LogP contribution in [0, 0.1) is 0 Å². The van der Waals surface area contributed by atoms with Crippen molar-refractivity contribution in [3.8, 4) is 0 Å². The first-order valence-corrected chi connectivity index (χ1v) is 8.32. The second-order valence-corrected chi connectivity index (χ2v) is 5.84. The fraction of sp³-hybridized carbons (Fsp3) is 0.263. The second-order valence-electron chi connectivity index (χ2n) is 5.84. The average molecular weight is 339 g/mol. The molecule has 0 spiro atoms. The number of amides is 3. The summed E-state index contributed by atoms with van der Waals surface area (Å²) < 4.78 is 5.33. The Hall–Kier alpha value is -3.02. The first-order chi connectivity index (χ1) is 12.2. The molecule has 25 heavy (non-hydrogen) atoms. The van der Waals surface area contributed by atoms with E-state index in [1.165, 1.54) is 5.56 Å². The van der Waals surface area contributed by atoms with E-state index in [2.05, 4.69) is 17.6 Å². The number of hydrogen-bond acceptors (Lipinski definition) is 3. The highest BCUT2D eigenvalue weighted by Crippen LogP contribution is 2.22. The van der Waals surface area contributed by atoms with E-state index in [1.54, 1.807) is 17.0 Å². The Morgan fingerprint density at radius 3 is 2.56 bits per heavy atom. The quantitative estimate of drug-likeness (QED) is 0.877. The van der Waals surface area contributed by atoms with Crippen LogP contribution < -0.4 is 15.5 Å². The fourth-order valence-corrected chi connectivity index (χ4v) is 2.65. The standard InChI is InChI=1S/C19H21N3O3/c1-2-14-8-10-16(11-9-14)22-13-17(25-19(22)24)12-20-18(23)21-15-6-4-3-5-7-15/h3-11,17H,2,12-13H2,1H3,(H2,20,21,23). The molecule has 0 aromatic heterocycles. The maximum atomic E-state index is 12.1. The molecule has 2 N–H and O–H groups in total. The van der Waals surface area contributed by atoms with Crippen LogP contribution in [0.4, 0.5) is 21.0 Å². The first-order valence-electron chi connectivity index (χ1n) is 8.32. The van der Waals surface area contributed by atoms with E-state index in [0.717, 1.165) is 12.1 Å². The van der Waals surface area contributed by atoms with Gasteiger partial charge in [0, 0.05) is 11.4 Å². The fourth-order valence-electron chi connectivity index (χ4n) is 2.65. The van der Waals surface area contributed by atoms with Crippen molar-refractivity contribution in [1.29, 1.82) is 0 Å². The summed E-state index contributed by atoms with van der Waals surface area (Å²) in [5.41, 5.74) is 2.73. The van der Waals surface area contributed by atoms with Crippen molar-refractivity contribution < 1.29 is 14.3 Å². The zero-order valence-corrected chi connectivity index (χ0v) is 14.1. The number of hydrogen-bond donors (Lipinski definition) is 2. The molecular formula is C19H21N3O3. The molecule has 1 fully saturated rings. The molecule has 1 saturated heterocycles. The topological polar surface area (TPSA) is 70.7 Å². The van der Waals surface area contributed by atoms with E-state index >= 15 is 0 Å². The Morgan fingerprint density at radius 2 is 1.88 bits per heavy atom. The summed E-state index contributed by atoms with van der Waals surface area (Å²) in [6, 6.07) is 16.7. The second kappa shape index (κ2) is 7.70. The normalized spacial score (nSPS) is 16.4. The van der Waals surface area contributed by atoms with Gasteiger partial charge in [-0.25, -0.2) is 9.59 Å². The lowest BCUT2D eigenvalue weighted by molar-refractivity contribution is 0.141. The highest BCUT2D eigenvalue weighted by molar-refractivity contribution is 5.90. The zero-order chi connectivity index (χ0) is 17.6. The van der Waals surface area contributed by atoms with Crippen LogP contribution in [-0.2, 0) is 11.2 Å². The summed E-state index contributed by atoms with van der Waals surface area (Å²) >= 11 is 0. The minimum Gasteiger partial charge on any atom is -0.442 e. The first kappa shape index (κ1) is 16.8. The van der Waals surface area contributed by atoms with Gasteiger partial charge in [-0.05, 0) is 36.2 Å². The van der Waals surface area contributed by atoms with Gasteiger partial charge in [0.15, 0.2) is 0 Å². The molecule has 6 nitrogen and oxygen atoms in total. The van der Waals surface area contributed by atoms with Crippen molar-refractivity contribution in [1.82, 2.24) is 5.32 Å². The smallest absolute Gasteiger partial charge is 0.414 e. The van der Waals surface area contributed by atoms with Crippen molar-refractivity contribution >= 4 is 23.5 Å². The minimum absolute atomic E-state index is 0.258. The van der Waals surface area contributed by atoms with Crippen molar-refractivity contribution in [3.05, 3.63) is 60.2 Å². The number of nitrogens with one attached hydrogen (secondary N) is 2. The summed E-state index contributed by atoms with van der Waals surface area (Å²) in [6.07, 6.45) is 0.188. The highest BCUT2D eigenvalue weighted by atomic mass is 16.6. The lowest BCUT2D eigenvalue weighted by Crippen LogP contribution is -2.37. The van der Waals surface area contributed by atoms with Crippen LogP contribution in [-0.4, -0.2) is 31.3 Å². The number of urea groups is 1. The van der Waals surface area contributed by atoms with Gasteiger partial charge in [0.25, 0.3) is 0 Å². The van der Waals surface area contributed by atoms with Crippen molar-refractivity contribution in [2.24, 2.45) is 0 Å². The van der Waals surface area contributed by atoms with Gasteiger partial charge in [-0.15, -0.1) is 0 Å². The van der Waals surface area contributed by atoms with E-state index in [-0.39, 0.29) is 24.8 Å². The number of ether oxygens (including phenoxy) is 1. The molecule has 0 radical (unpaired) electrons. The highest BCUT2D eigenvalue weighted by Gasteiger charge is 2.32. The Morgan fingerprint density at radius 1 is 1.16 bits per heavy atom. The van der Waals surface area contributed by atoms with Crippen LogP contribution in [0.5, 0.6) is 0 Å². The van der Waals surface area contributed by atoms with E-state index in [4.69, 9.17) is 4.74 Å². The molecule has 1 unspecified atom stereocenters. The van der Waals surface area contributed by atoms with Crippen LogP contribution >= 0.6 is 0 Å². The number of carbonyl (C=O) groups is 2. The molecule has 1 aliphatic heterocycles. The summed E-state index contributed by atoms with van der Waals surface area (Å²) in [6.45, 7) is 2.76. The molecule has 0 saturated carbocycles. The number of para-hydroxylation sites is 1. The third kappa shape index (κ3) is 4.29. The van der Waals surface area contributed by atoms with Crippen LogP contribution in [0.3, 0.4) is 0 Å². The van der Waals surface area contributed by atoms with Gasteiger partial charge in [-0.3, -0.25) is 4.90 Å². The van der Waals surface area contributed by atoms with Gasteiger partial charge in [-0.2, -0.15) is 0 Å². The Kier molecular flexibility index (Phi) is 5.18. The Labute approximate surface area is 146 Å².